The maximum absolute atomic E-state index is 12.5. The molecule has 0 saturated carbocycles. The van der Waals surface area contributed by atoms with E-state index >= 15 is 0 Å². The summed E-state index contributed by atoms with van der Waals surface area (Å²) >= 11 is 0. The monoisotopic (exact) mass is 427 g/mol. The van der Waals surface area contributed by atoms with E-state index in [1.54, 1.807) is 58.9 Å². The lowest BCUT2D eigenvalue weighted by atomic mass is 10.1. The number of hydrogen-bond donors (Lipinski definition) is 2. The SMILES string of the molecule is CCN(CC)S(=O)(=O)c1ccc([C@@H](C)NC(=O)CCNC(=O)OC(C)(C)C)cc1. The third-order valence-corrected chi connectivity index (χ3v) is 6.19. The predicted molar refractivity (Wildman–Crippen MR) is 112 cm³/mol. The van der Waals surface area contributed by atoms with E-state index in [-0.39, 0.29) is 29.8 Å². The fourth-order valence-electron chi connectivity index (χ4n) is 2.63. The fourth-order valence-corrected chi connectivity index (χ4v) is 4.09. The normalized spacial score (nSPS) is 13.1. The van der Waals surface area contributed by atoms with Gasteiger partial charge in [0, 0.05) is 26.1 Å². The maximum atomic E-state index is 12.5. The molecule has 0 fully saturated rings. The van der Waals surface area contributed by atoms with Crippen molar-refractivity contribution in [3.05, 3.63) is 29.8 Å². The first-order valence-corrected chi connectivity index (χ1v) is 11.2. The van der Waals surface area contributed by atoms with Crippen LogP contribution in [-0.4, -0.2) is 50.0 Å². The molecule has 1 atom stereocenters. The lowest BCUT2D eigenvalue weighted by Crippen LogP contribution is -2.35. The Kier molecular flexibility index (Phi) is 9.10. The van der Waals surface area contributed by atoms with Crippen molar-refractivity contribution < 1.29 is 22.7 Å². The number of nitrogens with one attached hydrogen (secondary N) is 2. The van der Waals surface area contributed by atoms with Gasteiger partial charge in [0.1, 0.15) is 5.60 Å². The Morgan fingerprint density at radius 1 is 1.10 bits per heavy atom. The molecular weight excluding hydrogens is 394 g/mol. The van der Waals surface area contributed by atoms with Gasteiger partial charge in [0.05, 0.1) is 10.9 Å². The molecule has 29 heavy (non-hydrogen) atoms. The Labute approximate surface area is 174 Å². The molecule has 0 aliphatic rings. The van der Waals surface area contributed by atoms with Gasteiger partial charge in [0.25, 0.3) is 0 Å². The van der Waals surface area contributed by atoms with Crippen LogP contribution in [-0.2, 0) is 19.6 Å². The Hall–Kier alpha value is -2.13. The zero-order chi connectivity index (χ0) is 22.2. The highest BCUT2D eigenvalue weighted by atomic mass is 32.2. The molecule has 9 heteroatoms. The van der Waals surface area contributed by atoms with Crippen LogP contribution < -0.4 is 10.6 Å². The minimum absolute atomic E-state index is 0.109. The number of hydrogen-bond acceptors (Lipinski definition) is 5. The fraction of sp³-hybridized carbons (Fsp3) is 0.600. The van der Waals surface area contributed by atoms with E-state index in [4.69, 9.17) is 4.74 Å². The average molecular weight is 428 g/mol. The van der Waals surface area contributed by atoms with Gasteiger partial charge in [-0.3, -0.25) is 4.79 Å². The second kappa shape index (κ2) is 10.6. The van der Waals surface area contributed by atoms with Crippen LogP contribution in [0.15, 0.2) is 29.2 Å². The van der Waals surface area contributed by atoms with E-state index in [1.807, 2.05) is 6.92 Å². The van der Waals surface area contributed by atoms with Crippen molar-refractivity contribution in [1.82, 2.24) is 14.9 Å². The standard InChI is InChI=1S/C20H33N3O5S/c1-7-23(8-2)29(26,27)17-11-9-16(10-12-17)15(3)22-18(24)13-14-21-19(25)28-20(4,5)6/h9-12,15H,7-8,13-14H2,1-6H3,(H,21,25)(H,22,24)/t15-/m1/s1. The summed E-state index contributed by atoms with van der Waals surface area (Å²) in [5.41, 5.74) is 0.197. The first-order valence-electron chi connectivity index (χ1n) is 9.77. The van der Waals surface area contributed by atoms with Gasteiger partial charge >= 0.3 is 6.09 Å². The summed E-state index contributed by atoms with van der Waals surface area (Å²) < 4.78 is 31.6. The van der Waals surface area contributed by atoms with Crippen molar-refractivity contribution in [3.8, 4) is 0 Å². The molecule has 1 aromatic rings. The molecule has 2 N–H and O–H groups in total. The molecule has 0 aliphatic carbocycles. The van der Waals surface area contributed by atoms with Crippen LogP contribution in [0, 0.1) is 0 Å². The van der Waals surface area contributed by atoms with Gasteiger partial charge < -0.3 is 15.4 Å². The van der Waals surface area contributed by atoms with Crippen LogP contribution in [0.1, 0.15) is 59.6 Å². The van der Waals surface area contributed by atoms with E-state index in [0.717, 1.165) is 5.56 Å². The van der Waals surface area contributed by atoms with E-state index < -0.39 is 21.7 Å². The number of benzene rings is 1. The first-order chi connectivity index (χ1) is 13.4. The minimum Gasteiger partial charge on any atom is -0.444 e. The van der Waals surface area contributed by atoms with Crippen LogP contribution in [0.2, 0.25) is 0 Å². The van der Waals surface area contributed by atoms with Crippen molar-refractivity contribution in [2.75, 3.05) is 19.6 Å². The number of carbonyl (C=O) groups is 2. The maximum Gasteiger partial charge on any atom is 0.407 e. The third kappa shape index (κ3) is 8.02. The molecule has 2 amide bonds. The number of alkyl carbamates (subject to hydrolysis) is 1. The molecule has 1 rings (SSSR count). The van der Waals surface area contributed by atoms with Crippen LogP contribution in [0.4, 0.5) is 4.79 Å². The summed E-state index contributed by atoms with van der Waals surface area (Å²) in [5, 5.41) is 5.37. The highest BCUT2D eigenvalue weighted by Crippen LogP contribution is 2.19. The van der Waals surface area contributed by atoms with Gasteiger partial charge in [0.15, 0.2) is 0 Å². The number of amides is 2. The summed E-state index contributed by atoms with van der Waals surface area (Å²) in [7, 11) is -3.51. The van der Waals surface area contributed by atoms with Gasteiger partial charge in [0.2, 0.25) is 15.9 Å². The molecule has 0 spiro atoms. The molecule has 0 unspecified atom stereocenters. The van der Waals surface area contributed by atoms with Crippen molar-refractivity contribution in [3.63, 3.8) is 0 Å². The third-order valence-electron chi connectivity index (χ3n) is 4.12. The molecule has 0 radical (unpaired) electrons. The van der Waals surface area contributed by atoms with Gasteiger partial charge in [-0.2, -0.15) is 4.31 Å². The van der Waals surface area contributed by atoms with E-state index in [1.165, 1.54) is 4.31 Å². The summed E-state index contributed by atoms with van der Waals surface area (Å²) in [5.74, 6) is -0.228. The van der Waals surface area contributed by atoms with Gasteiger partial charge in [-0.15, -0.1) is 0 Å². The number of nitrogens with zero attached hydrogens (tertiary/aromatic N) is 1. The molecule has 1 aromatic carbocycles. The molecule has 0 aliphatic heterocycles. The number of carbonyl (C=O) groups excluding carboxylic acids is 2. The Bertz CT molecular complexity index is 781. The average Bonchev–Trinajstić information content (AvgIpc) is 2.61. The molecule has 8 nitrogen and oxygen atoms in total. The van der Waals surface area contributed by atoms with Crippen LogP contribution in [0.25, 0.3) is 0 Å². The molecule has 0 heterocycles. The van der Waals surface area contributed by atoms with Crippen LogP contribution >= 0.6 is 0 Å². The summed E-state index contributed by atoms with van der Waals surface area (Å²) in [6.07, 6.45) is -0.457. The summed E-state index contributed by atoms with van der Waals surface area (Å²) in [6.45, 7) is 11.7. The van der Waals surface area contributed by atoms with Crippen molar-refractivity contribution in [1.29, 1.82) is 0 Å². The summed E-state index contributed by atoms with van der Waals surface area (Å²) in [4.78, 5) is 23.9. The first kappa shape index (κ1) is 24.9. The Morgan fingerprint density at radius 2 is 1.66 bits per heavy atom. The Balaban J connectivity index is 2.59. The van der Waals surface area contributed by atoms with Crippen molar-refractivity contribution in [2.45, 2.75) is 64.5 Å². The predicted octanol–water partition coefficient (Wildman–Crippen LogP) is 2.81. The summed E-state index contributed by atoms with van der Waals surface area (Å²) in [6, 6.07) is 6.20. The smallest absolute Gasteiger partial charge is 0.407 e. The van der Waals surface area contributed by atoms with E-state index in [2.05, 4.69) is 10.6 Å². The Morgan fingerprint density at radius 3 is 2.14 bits per heavy atom. The molecule has 164 valence electrons. The van der Waals surface area contributed by atoms with Crippen LogP contribution in [0.5, 0.6) is 0 Å². The largest absolute Gasteiger partial charge is 0.444 e. The van der Waals surface area contributed by atoms with E-state index in [0.29, 0.717) is 13.1 Å². The number of sulfonamides is 1. The lowest BCUT2D eigenvalue weighted by Gasteiger charge is -2.20. The molecule has 0 aromatic heterocycles. The highest BCUT2D eigenvalue weighted by molar-refractivity contribution is 7.89. The molecule has 0 bridgehead atoms. The van der Waals surface area contributed by atoms with Gasteiger partial charge in [-0.25, -0.2) is 13.2 Å². The van der Waals surface area contributed by atoms with Crippen molar-refractivity contribution in [2.24, 2.45) is 0 Å². The number of ether oxygens (including phenoxy) is 1. The second-order valence-corrected chi connectivity index (χ2v) is 9.56. The van der Waals surface area contributed by atoms with Crippen molar-refractivity contribution >= 4 is 22.0 Å². The number of rotatable bonds is 9. The minimum atomic E-state index is -3.51. The highest BCUT2D eigenvalue weighted by Gasteiger charge is 2.22. The van der Waals surface area contributed by atoms with Gasteiger partial charge in [-0.1, -0.05) is 26.0 Å². The van der Waals surface area contributed by atoms with E-state index in [9.17, 15) is 18.0 Å². The lowest BCUT2D eigenvalue weighted by molar-refractivity contribution is -0.121. The zero-order valence-corrected chi connectivity index (χ0v) is 18.9. The topological polar surface area (TPSA) is 105 Å². The van der Waals surface area contributed by atoms with Crippen LogP contribution in [0.3, 0.4) is 0 Å². The molecular formula is C20H33N3O5S. The zero-order valence-electron chi connectivity index (χ0n) is 18.1. The molecule has 0 saturated heterocycles. The second-order valence-electron chi connectivity index (χ2n) is 7.63. The van der Waals surface area contributed by atoms with Gasteiger partial charge in [-0.05, 0) is 45.4 Å². The quantitative estimate of drug-likeness (QED) is 0.630.